The summed E-state index contributed by atoms with van der Waals surface area (Å²) in [6.07, 6.45) is 4.26. The van der Waals surface area contributed by atoms with E-state index in [1.54, 1.807) is 12.4 Å². The predicted octanol–water partition coefficient (Wildman–Crippen LogP) is 3.32. The minimum Gasteiger partial charge on any atom is -0.492 e. The van der Waals surface area contributed by atoms with Crippen LogP contribution in [0.25, 0.3) is 0 Å². The molecule has 0 radical (unpaired) electrons. The van der Waals surface area contributed by atoms with Crippen LogP contribution in [-0.4, -0.2) is 23.2 Å². The molecule has 0 spiro atoms. The van der Waals surface area contributed by atoms with Crippen molar-refractivity contribution >= 4 is 5.97 Å². The molecular weight excluding hydrogens is 242 g/mol. The third kappa shape index (κ3) is 5.28. The van der Waals surface area contributed by atoms with Gasteiger partial charge in [-0.05, 0) is 45.7 Å². The molecule has 4 nitrogen and oxygen atoms in total. The van der Waals surface area contributed by atoms with Crippen molar-refractivity contribution in [2.75, 3.05) is 6.61 Å². The maximum atomic E-state index is 12.0. The molecule has 4 heteroatoms. The minimum atomic E-state index is -0.477. The quantitative estimate of drug-likeness (QED) is 0.766. The molecule has 0 amide bonds. The molecule has 0 aliphatic rings. The van der Waals surface area contributed by atoms with Gasteiger partial charge in [0, 0.05) is 6.20 Å². The highest BCUT2D eigenvalue weighted by Crippen LogP contribution is 2.22. The van der Waals surface area contributed by atoms with Gasteiger partial charge in [-0.15, -0.1) is 0 Å². The zero-order valence-corrected chi connectivity index (χ0v) is 12.4. The Kier molecular flexibility index (Phi) is 5.33. The molecule has 1 aromatic heterocycles. The van der Waals surface area contributed by atoms with Crippen LogP contribution < -0.4 is 4.74 Å². The number of carbonyl (C=O) groups excluding carboxylic acids is 1. The summed E-state index contributed by atoms with van der Waals surface area (Å²) in [6.45, 7) is 10.1. The normalized spacial score (nSPS) is 12.9. The second-order valence-electron chi connectivity index (χ2n) is 5.56. The molecule has 1 atom stereocenters. The Balaban J connectivity index is 2.76. The van der Waals surface area contributed by atoms with E-state index in [9.17, 15) is 4.79 Å². The lowest BCUT2D eigenvalue weighted by Crippen LogP contribution is -2.26. The third-order valence-electron chi connectivity index (χ3n) is 2.47. The van der Waals surface area contributed by atoms with Crippen molar-refractivity contribution in [3.8, 4) is 5.75 Å². The Morgan fingerprint density at radius 2 is 2.05 bits per heavy atom. The fourth-order valence-corrected chi connectivity index (χ4v) is 1.50. The summed E-state index contributed by atoms with van der Waals surface area (Å²) in [4.78, 5) is 16.1. The second kappa shape index (κ2) is 6.55. The van der Waals surface area contributed by atoms with Gasteiger partial charge in [-0.1, -0.05) is 6.92 Å². The number of carbonyl (C=O) groups is 1. The average molecular weight is 265 g/mol. The zero-order chi connectivity index (χ0) is 14.5. The van der Waals surface area contributed by atoms with Crippen molar-refractivity contribution < 1.29 is 14.3 Å². The summed E-state index contributed by atoms with van der Waals surface area (Å²) in [5, 5.41) is 0. The van der Waals surface area contributed by atoms with E-state index in [0.717, 1.165) is 12.0 Å². The smallest absolute Gasteiger partial charge is 0.313 e. The van der Waals surface area contributed by atoms with Crippen molar-refractivity contribution in [1.29, 1.82) is 0 Å². The monoisotopic (exact) mass is 265 g/mol. The standard InChI is InChI=1S/C15H23NO3/c1-6-7-18-13-8-12(9-16-10-13)11(2)14(17)19-15(3,4)5/h8-11H,6-7H2,1-5H3. The highest BCUT2D eigenvalue weighted by molar-refractivity contribution is 5.78. The molecule has 0 aliphatic heterocycles. The van der Waals surface area contributed by atoms with Gasteiger partial charge in [0.25, 0.3) is 0 Å². The molecule has 0 fully saturated rings. The van der Waals surface area contributed by atoms with Gasteiger partial charge in [0.1, 0.15) is 11.4 Å². The van der Waals surface area contributed by atoms with Crippen LogP contribution in [0.3, 0.4) is 0 Å². The van der Waals surface area contributed by atoms with Gasteiger partial charge < -0.3 is 9.47 Å². The first-order valence-electron chi connectivity index (χ1n) is 6.64. The Bertz CT molecular complexity index is 424. The lowest BCUT2D eigenvalue weighted by atomic mass is 10.0. The number of aromatic nitrogens is 1. The van der Waals surface area contributed by atoms with Crippen LogP contribution >= 0.6 is 0 Å². The first kappa shape index (κ1) is 15.5. The highest BCUT2D eigenvalue weighted by atomic mass is 16.6. The van der Waals surface area contributed by atoms with Crippen LogP contribution in [0.5, 0.6) is 5.75 Å². The molecule has 1 unspecified atom stereocenters. The van der Waals surface area contributed by atoms with E-state index in [1.165, 1.54) is 0 Å². The number of rotatable bonds is 5. The van der Waals surface area contributed by atoms with E-state index < -0.39 is 5.60 Å². The first-order valence-corrected chi connectivity index (χ1v) is 6.64. The molecule has 1 heterocycles. The van der Waals surface area contributed by atoms with Crippen LogP contribution in [0.4, 0.5) is 0 Å². The molecule has 0 N–H and O–H groups in total. The van der Waals surface area contributed by atoms with E-state index in [0.29, 0.717) is 12.4 Å². The summed E-state index contributed by atoms with van der Waals surface area (Å²) >= 11 is 0. The lowest BCUT2D eigenvalue weighted by molar-refractivity contribution is -0.156. The van der Waals surface area contributed by atoms with E-state index in [-0.39, 0.29) is 11.9 Å². The molecule has 0 saturated carbocycles. The van der Waals surface area contributed by atoms with Crippen molar-refractivity contribution in [1.82, 2.24) is 4.98 Å². The van der Waals surface area contributed by atoms with Crippen LogP contribution in [0.2, 0.25) is 0 Å². The minimum absolute atomic E-state index is 0.248. The molecule has 106 valence electrons. The van der Waals surface area contributed by atoms with Gasteiger partial charge in [0.2, 0.25) is 0 Å². The molecule has 0 aromatic carbocycles. The van der Waals surface area contributed by atoms with E-state index in [4.69, 9.17) is 9.47 Å². The summed E-state index contributed by atoms with van der Waals surface area (Å²) in [6, 6.07) is 1.84. The Hall–Kier alpha value is -1.58. The fourth-order valence-electron chi connectivity index (χ4n) is 1.50. The summed E-state index contributed by atoms with van der Waals surface area (Å²) < 4.78 is 10.9. The molecule has 0 bridgehead atoms. The Morgan fingerprint density at radius 1 is 1.37 bits per heavy atom. The van der Waals surface area contributed by atoms with Crippen molar-refractivity contribution in [2.45, 2.75) is 52.6 Å². The van der Waals surface area contributed by atoms with Crippen molar-refractivity contribution in [3.63, 3.8) is 0 Å². The third-order valence-corrected chi connectivity index (χ3v) is 2.47. The summed E-state index contributed by atoms with van der Waals surface area (Å²) in [5.41, 5.74) is 0.331. The van der Waals surface area contributed by atoms with E-state index in [1.807, 2.05) is 40.7 Å². The number of nitrogens with zero attached hydrogens (tertiary/aromatic N) is 1. The van der Waals surface area contributed by atoms with Gasteiger partial charge in [-0.3, -0.25) is 9.78 Å². The SMILES string of the molecule is CCCOc1cncc(C(C)C(=O)OC(C)(C)C)c1. The fraction of sp³-hybridized carbons (Fsp3) is 0.600. The van der Waals surface area contributed by atoms with E-state index in [2.05, 4.69) is 4.98 Å². The van der Waals surface area contributed by atoms with Crippen molar-refractivity contribution in [3.05, 3.63) is 24.0 Å². The number of pyridine rings is 1. The maximum Gasteiger partial charge on any atom is 0.313 e. The number of hydrogen-bond donors (Lipinski definition) is 0. The highest BCUT2D eigenvalue weighted by Gasteiger charge is 2.23. The van der Waals surface area contributed by atoms with Gasteiger partial charge in [-0.25, -0.2) is 0 Å². The molecule has 0 saturated heterocycles. The Morgan fingerprint density at radius 3 is 2.63 bits per heavy atom. The summed E-state index contributed by atoms with van der Waals surface area (Å²) in [5.74, 6) is 0.0913. The zero-order valence-electron chi connectivity index (χ0n) is 12.4. The van der Waals surface area contributed by atoms with Gasteiger partial charge >= 0.3 is 5.97 Å². The number of esters is 1. The predicted molar refractivity (Wildman–Crippen MR) is 74.3 cm³/mol. The lowest BCUT2D eigenvalue weighted by Gasteiger charge is -2.22. The Labute approximate surface area is 115 Å². The first-order chi connectivity index (χ1) is 8.83. The maximum absolute atomic E-state index is 12.0. The molecular formula is C15H23NO3. The molecule has 0 aliphatic carbocycles. The van der Waals surface area contributed by atoms with Gasteiger partial charge in [0.15, 0.2) is 0 Å². The van der Waals surface area contributed by atoms with Crippen LogP contribution in [0, 0.1) is 0 Å². The van der Waals surface area contributed by atoms with Crippen LogP contribution in [-0.2, 0) is 9.53 Å². The number of ether oxygens (including phenoxy) is 2. The number of hydrogen-bond acceptors (Lipinski definition) is 4. The molecule has 19 heavy (non-hydrogen) atoms. The van der Waals surface area contributed by atoms with Crippen LogP contribution in [0.15, 0.2) is 18.5 Å². The van der Waals surface area contributed by atoms with Crippen LogP contribution in [0.1, 0.15) is 52.5 Å². The molecule has 1 rings (SSSR count). The van der Waals surface area contributed by atoms with E-state index >= 15 is 0 Å². The molecule has 1 aromatic rings. The second-order valence-corrected chi connectivity index (χ2v) is 5.56. The largest absolute Gasteiger partial charge is 0.492 e. The van der Waals surface area contributed by atoms with Gasteiger partial charge in [-0.2, -0.15) is 0 Å². The van der Waals surface area contributed by atoms with Gasteiger partial charge in [0.05, 0.1) is 18.7 Å². The summed E-state index contributed by atoms with van der Waals surface area (Å²) in [7, 11) is 0. The topological polar surface area (TPSA) is 48.4 Å². The average Bonchev–Trinajstić information content (AvgIpc) is 2.33. The van der Waals surface area contributed by atoms with Crippen molar-refractivity contribution in [2.24, 2.45) is 0 Å².